The van der Waals surface area contributed by atoms with Gasteiger partial charge in [-0.05, 0) is 43.3 Å². The minimum absolute atomic E-state index is 0.0583. The summed E-state index contributed by atoms with van der Waals surface area (Å²) < 4.78 is 20.5. The Kier molecular flexibility index (Phi) is 6.18. The molecule has 0 atom stereocenters. The summed E-state index contributed by atoms with van der Waals surface area (Å²) in [4.78, 5) is 24.1. The molecule has 0 saturated carbocycles. The molecule has 0 spiro atoms. The monoisotopic (exact) mass is 397 g/mol. The van der Waals surface area contributed by atoms with E-state index in [1.807, 2.05) is 6.92 Å². The largest absolute Gasteiger partial charge is 0.487 e. The lowest BCUT2D eigenvalue weighted by molar-refractivity contribution is 0.0947. The molecule has 3 rings (SSSR count). The van der Waals surface area contributed by atoms with E-state index in [1.54, 1.807) is 30.3 Å². The number of hydrogen-bond acceptors (Lipinski definition) is 5. The Bertz CT molecular complexity index is 1020. The van der Waals surface area contributed by atoms with Crippen molar-refractivity contribution in [3.63, 3.8) is 0 Å². The summed E-state index contributed by atoms with van der Waals surface area (Å²) in [5.74, 6) is -0.722. The molecule has 1 aromatic heterocycles. The number of carbonyl (C=O) groups is 2. The first-order valence-corrected chi connectivity index (χ1v) is 8.97. The summed E-state index contributed by atoms with van der Waals surface area (Å²) in [6, 6.07) is 12.4. The van der Waals surface area contributed by atoms with Crippen molar-refractivity contribution in [3.05, 3.63) is 71.3 Å². The van der Waals surface area contributed by atoms with E-state index < -0.39 is 11.7 Å². The van der Waals surface area contributed by atoms with Crippen LogP contribution in [-0.2, 0) is 6.61 Å². The number of amides is 2. The molecule has 0 aliphatic carbocycles. The van der Waals surface area contributed by atoms with Crippen LogP contribution in [0.4, 0.5) is 4.39 Å². The van der Waals surface area contributed by atoms with Crippen LogP contribution < -0.4 is 15.4 Å². The number of nitrogens with one attached hydrogen (secondary N) is 2. The Morgan fingerprint density at radius 3 is 2.55 bits per heavy atom. The molecular formula is C20H20FN5O3. The fourth-order valence-electron chi connectivity index (χ4n) is 2.66. The van der Waals surface area contributed by atoms with E-state index in [0.717, 1.165) is 0 Å². The molecule has 9 heteroatoms. The summed E-state index contributed by atoms with van der Waals surface area (Å²) >= 11 is 0. The maximum Gasteiger partial charge on any atom is 0.273 e. The Hall–Kier alpha value is -3.75. The van der Waals surface area contributed by atoms with Gasteiger partial charge in [0.05, 0.1) is 5.69 Å². The lowest BCUT2D eigenvalue weighted by Gasteiger charge is -2.10. The number of ether oxygens (including phenoxy) is 1. The fraction of sp³-hybridized carbons (Fsp3) is 0.200. The maximum absolute atomic E-state index is 13.4. The first-order chi connectivity index (χ1) is 14.0. The second-order valence-corrected chi connectivity index (χ2v) is 6.03. The van der Waals surface area contributed by atoms with Crippen LogP contribution in [0.5, 0.6) is 5.75 Å². The van der Waals surface area contributed by atoms with Gasteiger partial charge >= 0.3 is 0 Å². The molecule has 29 heavy (non-hydrogen) atoms. The molecule has 1 heterocycles. The molecule has 8 nitrogen and oxygen atoms in total. The molecule has 2 N–H and O–H groups in total. The van der Waals surface area contributed by atoms with Gasteiger partial charge < -0.3 is 15.4 Å². The van der Waals surface area contributed by atoms with Crippen LogP contribution in [0.2, 0.25) is 0 Å². The third-order valence-electron chi connectivity index (χ3n) is 4.09. The highest BCUT2D eigenvalue weighted by atomic mass is 19.1. The molecule has 0 saturated heterocycles. The molecule has 0 aliphatic heterocycles. The first kappa shape index (κ1) is 20.0. The van der Waals surface area contributed by atoms with E-state index in [4.69, 9.17) is 4.74 Å². The third-order valence-corrected chi connectivity index (χ3v) is 4.09. The van der Waals surface area contributed by atoms with Gasteiger partial charge in [-0.3, -0.25) is 9.59 Å². The molecule has 0 bridgehead atoms. The fourth-order valence-corrected chi connectivity index (χ4v) is 2.66. The number of benzene rings is 2. The van der Waals surface area contributed by atoms with Gasteiger partial charge in [0.1, 0.15) is 23.9 Å². The van der Waals surface area contributed by atoms with Crippen molar-refractivity contribution in [2.24, 2.45) is 0 Å². The topological polar surface area (TPSA) is 98.1 Å². The molecule has 0 aliphatic rings. The van der Waals surface area contributed by atoms with Gasteiger partial charge in [-0.25, -0.2) is 9.07 Å². The number of aromatic nitrogens is 3. The summed E-state index contributed by atoms with van der Waals surface area (Å²) in [5.41, 5.74) is 1.58. The maximum atomic E-state index is 13.4. The number of hydrogen-bond donors (Lipinski definition) is 2. The number of nitrogens with zero attached hydrogens (tertiary/aromatic N) is 3. The molecule has 0 radical (unpaired) electrons. The molecule has 2 amide bonds. The lowest BCUT2D eigenvalue weighted by Crippen LogP contribution is -2.22. The highest BCUT2D eigenvalue weighted by molar-refractivity contribution is 5.94. The highest BCUT2D eigenvalue weighted by Gasteiger charge is 2.20. The molecule has 0 fully saturated rings. The van der Waals surface area contributed by atoms with Crippen molar-refractivity contribution in [1.82, 2.24) is 25.6 Å². The Morgan fingerprint density at radius 2 is 1.90 bits per heavy atom. The van der Waals surface area contributed by atoms with Gasteiger partial charge in [0.15, 0.2) is 5.69 Å². The van der Waals surface area contributed by atoms with Gasteiger partial charge in [-0.2, -0.15) is 0 Å². The summed E-state index contributed by atoms with van der Waals surface area (Å²) in [5, 5.41) is 13.2. The zero-order chi connectivity index (χ0) is 20.8. The summed E-state index contributed by atoms with van der Waals surface area (Å²) in [7, 11) is 1.49. The van der Waals surface area contributed by atoms with Crippen molar-refractivity contribution in [2.45, 2.75) is 13.5 Å². The van der Waals surface area contributed by atoms with Crippen molar-refractivity contribution < 1.29 is 18.7 Å². The van der Waals surface area contributed by atoms with Crippen LogP contribution in [0.1, 0.15) is 33.5 Å². The van der Waals surface area contributed by atoms with Gasteiger partial charge in [0, 0.05) is 25.2 Å². The van der Waals surface area contributed by atoms with Gasteiger partial charge in [0.2, 0.25) is 0 Å². The lowest BCUT2D eigenvalue weighted by atomic mass is 10.2. The quantitative estimate of drug-likeness (QED) is 0.636. The zero-order valence-corrected chi connectivity index (χ0v) is 16.0. The SMILES string of the molecule is CCNC(=O)c1ccc(-n2nnc(C(=O)NC)c2COc2cccc(F)c2)cc1. The minimum Gasteiger partial charge on any atom is -0.487 e. The minimum atomic E-state index is -0.429. The standard InChI is InChI=1S/C20H20FN5O3/c1-3-23-19(27)13-7-9-15(10-8-13)26-17(18(24-25-26)20(28)22-2)12-29-16-6-4-5-14(21)11-16/h4-11H,3,12H2,1-2H3,(H,22,28)(H,23,27). The van der Waals surface area contributed by atoms with Crippen molar-refractivity contribution in [1.29, 1.82) is 0 Å². The molecule has 0 unspecified atom stereocenters. The average Bonchev–Trinajstić information content (AvgIpc) is 3.16. The Balaban J connectivity index is 1.91. The van der Waals surface area contributed by atoms with E-state index >= 15 is 0 Å². The van der Waals surface area contributed by atoms with Gasteiger partial charge in [0.25, 0.3) is 11.8 Å². The van der Waals surface area contributed by atoms with Crippen molar-refractivity contribution >= 4 is 11.8 Å². The highest BCUT2D eigenvalue weighted by Crippen LogP contribution is 2.18. The second-order valence-electron chi connectivity index (χ2n) is 6.03. The van der Waals surface area contributed by atoms with Crippen LogP contribution in [-0.4, -0.2) is 40.4 Å². The predicted molar refractivity (Wildman–Crippen MR) is 103 cm³/mol. The van der Waals surface area contributed by atoms with E-state index in [9.17, 15) is 14.0 Å². The van der Waals surface area contributed by atoms with Crippen LogP contribution in [0, 0.1) is 5.82 Å². The normalized spacial score (nSPS) is 10.4. The number of carbonyl (C=O) groups excluding carboxylic acids is 2. The van der Waals surface area contributed by atoms with Crippen LogP contribution >= 0.6 is 0 Å². The Morgan fingerprint density at radius 1 is 1.14 bits per heavy atom. The van der Waals surface area contributed by atoms with E-state index in [-0.39, 0.29) is 18.2 Å². The third kappa shape index (κ3) is 4.57. The van der Waals surface area contributed by atoms with Crippen LogP contribution in [0.3, 0.4) is 0 Å². The predicted octanol–water partition coefficient (Wildman–Crippen LogP) is 2.09. The molecule has 2 aromatic carbocycles. The van der Waals surface area contributed by atoms with Crippen LogP contribution in [0.15, 0.2) is 48.5 Å². The summed E-state index contributed by atoms with van der Waals surface area (Å²) in [6.45, 7) is 2.31. The average molecular weight is 397 g/mol. The second kappa shape index (κ2) is 8.96. The molecule has 3 aromatic rings. The van der Waals surface area contributed by atoms with Gasteiger partial charge in [-0.1, -0.05) is 11.3 Å². The van der Waals surface area contributed by atoms with E-state index in [2.05, 4.69) is 20.9 Å². The number of halogens is 1. The zero-order valence-electron chi connectivity index (χ0n) is 16.0. The summed E-state index contributed by atoms with van der Waals surface area (Å²) in [6.07, 6.45) is 0. The van der Waals surface area contributed by atoms with E-state index in [1.165, 1.54) is 29.9 Å². The van der Waals surface area contributed by atoms with Crippen LogP contribution in [0.25, 0.3) is 5.69 Å². The van der Waals surface area contributed by atoms with Gasteiger partial charge in [-0.15, -0.1) is 5.10 Å². The van der Waals surface area contributed by atoms with Crippen molar-refractivity contribution in [3.8, 4) is 11.4 Å². The smallest absolute Gasteiger partial charge is 0.273 e. The number of rotatable bonds is 7. The first-order valence-electron chi connectivity index (χ1n) is 8.97. The van der Waals surface area contributed by atoms with Crippen molar-refractivity contribution in [2.75, 3.05) is 13.6 Å². The van der Waals surface area contributed by atoms with E-state index in [0.29, 0.717) is 29.2 Å². The Labute approximate surface area is 166 Å². The molecule has 150 valence electrons. The molecular weight excluding hydrogens is 377 g/mol.